The van der Waals surface area contributed by atoms with Crippen LogP contribution in [0.1, 0.15) is 5.56 Å². The number of halogens is 1. The molecule has 0 saturated carbocycles. The summed E-state index contributed by atoms with van der Waals surface area (Å²) in [6, 6.07) is 7.05. The van der Waals surface area contributed by atoms with Gasteiger partial charge in [0.15, 0.2) is 6.61 Å². The zero-order valence-electron chi connectivity index (χ0n) is 11.7. The molecule has 0 atom stereocenters. The van der Waals surface area contributed by atoms with E-state index < -0.39 is 0 Å². The van der Waals surface area contributed by atoms with E-state index in [0.717, 1.165) is 5.56 Å². The highest BCUT2D eigenvalue weighted by Gasteiger charge is 2.07. The third kappa shape index (κ3) is 4.70. The first-order valence-electron chi connectivity index (χ1n) is 6.01. The van der Waals surface area contributed by atoms with Crippen LogP contribution in [0.25, 0.3) is 0 Å². The molecule has 0 aliphatic carbocycles. The van der Waals surface area contributed by atoms with Crippen molar-refractivity contribution in [2.24, 2.45) is 0 Å². The first kappa shape index (κ1) is 16.2. The van der Waals surface area contributed by atoms with Crippen molar-refractivity contribution in [2.75, 3.05) is 27.7 Å². The first-order valence-corrected chi connectivity index (χ1v) is 6.80. The van der Waals surface area contributed by atoms with Gasteiger partial charge in [-0.2, -0.15) is 0 Å². The fraction of sp³-hybridized carbons (Fsp3) is 0.286. The second-order valence-electron chi connectivity index (χ2n) is 4.26. The summed E-state index contributed by atoms with van der Waals surface area (Å²) in [5.74, 6) is 0.506. The second-order valence-corrected chi connectivity index (χ2v) is 5.11. The Kier molecular flexibility index (Phi) is 6.24. The largest absolute Gasteiger partial charge is 0.484 e. The molecule has 0 fully saturated rings. The highest BCUT2D eigenvalue weighted by Crippen LogP contribution is 2.17. The maximum atomic E-state index is 11.4. The average molecular weight is 340 g/mol. The Hall–Kier alpha value is -1.82. The van der Waals surface area contributed by atoms with Crippen LogP contribution >= 0.6 is 15.9 Å². The standard InChI is InChI=1S/C14H18BrN3O2/c1-17-8-12(15)14(16)10-4-6-11(7-5-10)20-9-13(19)18(2)3/h4-8,16-17H,9H2,1-3H3/b12-8+,16-14?. The quantitative estimate of drug-likeness (QED) is 0.779. The van der Waals surface area contributed by atoms with E-state index in [0.29, 0.717) is 15.9 Å². The molecule has 1 aromatic rings. The van der Waals surface area contributed by atoms with Crippen LogP contribution in [0.2, 0.25) is 0 Å². The Morgan fingerprint density at radius 1 is 1.40 bits per heavy atom. The number of ether oxygens (including phenoxy) is 1. The van der Waals surface area contributed by atoms with Crippen molar-refractivity contribution in [1.82, 2.24) is 10.2 Å². The molecule has 0 spiro atoms. The highest BCUT2D eigenvalue weighted by atomic mass is 79.9. The number of nitrogens with one attached hydrogen (secondary N) is 2. The van der Waals surface area contributed by atoms with Crippen LogP contribution in [0.3, 0.4) is 0 Å². The number of likely N-dealkylation sites (N-methyl/N-ethyl adjacent to an activating group) is 1. The molecular formula is C14H18BrN3O2. The summed E-state index contributed by atoms with van der Waals surface area (Å²) in [6.45, 7) is 0.00709. The summed E-state index contributed by atoms with van der Waals surface area (Å²) in [5, 5.41) is 10.8. The number of benzene rings is 1. The van der Waals surface area contributed by atoms with Gasteiger partial charge in [0.1, 0.15) is 5.75 Å². The van der Waals surface area contributed by atoms with Crippen LogP contribution in [0.5, 0.6) is 5.75 Å². The van der Waals surface area contributed by atoms with Crippen molar-refractivity contribution in [3.63, 3.8) is 0 Å². The van der Waals surface area contributed by atoms with Gasteiger partial charge >= 0.3 is 0 Å². The van der Waals surface area contributed by atoms with Crippen LogP contribution < -0.4 is 10.1 Å². The van der Waals surface area contributed by atoms with Gasteiger partial charge in [-0.05, 0) is 40.2 Å². The summed E-state index contributed by atoms with van der Waals surface area (Å²) in [7, 11) is 5.14. The zero-order valence-corrected chi connectivity index (χ0v) is 13.3. The lowest BCUT2D eigenvalue weighted by Gasteiger charge is -2.11. The van der Waals surface area contributed by atoms with Crippen molar-refractivity contribution < 1.29 is 9.53 Å². The summed E-state index contributed by atoms with van der Waals surface area (Å²) in [6.07, 6.45) is 1.70. The van der Waals surface area contributed by atoms with E-state index in [4.69, 9.17) is 10.1 Å². The van der Waals surface area contributed by atoms with Gasteiger partial charge < -0.3 is 15.0 Å². The van der Waals surface area contributed by atoms with Crippen LogP contribution in [0.15, 0.2) is 34.9 Å². The Balaban J connectivity index is 2.67. The van der Waals surface area contributed by atoms with E-state index in [1.165, 1.54) is 4.90 Å². The number of carbonyl (C=O) groups is 1. The Labute approximate surface area is 127 Å². The van der Waals surface area contributed by atoms with Gasteiger partial charge in [0.25, 0.3) is 5.91 Å². The smallest absolute Gasteiger partial charge is 0.259 e. The average Bonchev–Trinajstić information content (AvgIpc) is 2.44. The summed E-state index contributed by atoms with van der Waals surface area (Å²) in [5.41, 5.74) is 1.13. The van der Waals surface area contributed by atoms with E-state index in [-0.39, 0.29) is 12.5 Å². The van der Waals surface area contributed by atoms with Gasteiger partial charge in [-0.25, -0.2) is 0 Å². The predicted octanol–water partition coefficient (Wildman–Crippen LogP) is 1.98. The number of amides is 1. The molecule has 2 N–H and O–H groups in total. The van der Waals surface area contributed by atoms with E-state index in [9.17, 15) is 4.79 Å². The number of rotatable bonds is 6. The van der Waals surface area contributed by atoms with Crippen molar-refractivity contribution in [2.45, 2.75) is 0 Å². The summed E-state index contributed by atoms with van der Waals surface area (Å²) in [4.78, 5) is 12.9. The normalized spacial score (nSPS) is 10.9. The van der Waals surface area contributed by atoms with Gasteiger partial charge in [0.2, 0.25) is 0 Å². The van der Waals surface area contributed by atoms with Gasteiger partial charge in [0, 0.05) is 32.9 Å². The topological polar surface area (TPSA) is 65.4 Å². The van der Waals surface area contributed by atoms with Crippen molar-refractivity contribution >= 4 is 27.5 Å². The molecule has 20 heavy (non-hydrogen) atoms. The van der Waals surface area contributed by atoms with E-state index in [1.807, 2.05) is 0 Å². The van der Waals surface area contributed by atoms with E-state index >= 15 is 0 Å². The van der Waals surface area contributed by atoms with Gasteiger partial charge in [-0.15, -0.1) is 0 Å². The lowest BCUT2D eigenvalue weighted by atomic mass is 10.1. The number of hydrogen-bond acceptors (Lipinski definition) is 4. The molecular weight excluding hydrogens is 322 g/mol. The van der Waals surface area contributed by atoms with Crippen molar-refractivity contribution in [1.29, 1.82) is 5.41 Å². The maximum Gasteiger partial charge on any atom is 0.259 e. The predicted molar refractivity (Wildman–Crippen MR) is 83.5 cm³/mol. The fourth-order valence-corrected chi connectivity index (χ4v) is 1.79. The van der Waals surface area contributed by atoms with Crippen molar-refractivity contribution in [3.05, 3.63) is 40.5 Å². The second kappa shape index (κ2) is 7.69. The number of allylic oxidation sites excluding steroid dienone is 1. The van der Waals surface area contributed by atoms with Gasteiger partial charge in [-0.3, -0.25) is 10.2 Å². The lowest BCUT2D eigenvalue weighted by molar-refractivity contribution is -0.130. The van der Waals surface area contributed by atoms with Gasteiger partial charge in [0.05, 0.1) is 10.2 Å². The van der Waals surface area contributed by atoms with Crippen LogP contribution in [-0.4, -0.2) is 44.3 Å². The highest BCUT2D eigenvalue weighted by molar-refractivity contribution is 9.12. The summed E-state index contributed by atoms with van der Waals surface area (Å²) >= 11 is 3.32. The van der Waals surface area contributed by atoms with E-state index in [2.05, 4.69) is 21.2 Å². The van der Waals surface area contributed by atoms with Crippen LogP contribution in [0.4, 0.5) is 0 Å². The fourth-order valence-electron chi connectivity index (χ4n) is 1.33. The van der Waals surface area contributed by atoms with Crippen molar-refractivity contribution in [3.8, 4) is 5.75 Å². The zero-order chi connectivity index (χ0) is 15.1. The molecule has 1 amide bonds. The number of nitrogens with zero attached hydrogens (tertiary/aromatic N) is 1. The maximum absolute atomic E-state index is 11.4. The molecule has 1 rings (SSSR count). The third-order valence-electron chi connectivity index (χ3n) is 2.51. The molecule has 6 heteroatoms. The summed E-state index contributed by atoms with van der Waals surface area (Å²) < 4.78 is 6.03. The minimum Gasteiger partial charge on any atom is -0.484 e. The minimum atomic E-state index is -0.0958. The number of hydrogen-bond donors (Lipinski definition) is 2. The molecule has 0 unspecified atom stereocenters. The Morgan fingerprint density at radius 2 is 2.00 bits per heavy atom. The third-order valence-corrected chi connectivity index (χ3v) is 3.14. The molecule has 0 aromatic heterocycles. The van der Waals surface area contributed by atoms with Gasteiger partial charge in [-0.1, -0.05) is 0 Å². The Bertz CT molecular complexity index is 510. The Morgan fingerprint density at radius 3 is 2.50 bits per heavy atom. The first-order chi connectivity index (χ1) is 9.45. The molecule has 0 aliphatic rings. The molecule has 1 aromatic carbocycles. The molecule has 0 saturated heterocycles. The molecule has 5 nitrogen and oxygen atoms in total. The molecule has 0 heterocycles. The van der Waals surface area contributed by atoms with Crippen LogP contribution in [-0.2, 0) is 4.79 Å². The molecule has 0 aliphatic heterocycles. The monoisotopic (exact) mass is 339 g/mol. The minimum absolute atomic E-state index is 0.00709. The molecule has 0 bridgehead atoms. The van der Waals surface area contributed by atoms with Crippen LogP contribution in [0, 0.1) is 5.41 Å². The number of carbonyl (C=O) groups excluding carboxylic acids is 1. The SMILES string of the molecule is CN/C=C(/Br)C(=N)c1ccc(OCC(=O)N(C)C)cc1. The van der Waals surface area contributed by atoms with E-state index in [1.54, 1.807) is 51.6 Å². The molecule has 108 valence electrons. The lowest BCUT2D eigenvalue weighted by Crippen LogP contribution is -2.27. The molecule has 0 radical (unpaired) electrons.